The van der Waals surface area contributed by atoms with Crippen LogP contribution in [-0.2, 0) is 9.59 Å². The van der Waals surface area contributed by atoms with E-state index >= 15 is 0 Å². The van der Waals surface area contributed by atoms with E-state index in [1.54, 1.807) is 36.2 Å². The van der Waals surface area contributed by atoms with Crippen LogP contribution >= 0.6 is 0 Å². The van der Waals surface area contributed by atoms with Crippen LogP contribution in [0, 0.1) is 13.8 Å². The van der Waals surface area contributed by atoms with E-state index in [4.69, 9.17) is 0 Å². The molecule has 28 heavy (non-hydrogen) atoms. The van der Waals surface area contributed by atoms with Gasteiger partial charge in [0.1, 0.15) is 6.04 Å². The lowest BCUT2D eigenvalue weighted by Crippen LogP contribution is -2.46. The molecule has 0 heterocycles. The smallest absolute Gasteiger partial charge is 0.321 e. The molecule has 0 aliphatic rings. The van der Waals surface area contributed by atoms with Crippen molar-refractivity contribution >= 4 is 23.5 Å². The quantitative estimate of drug-likeness (QED) is 0.715. The minimum absolute atomic E-state index is 0.0197. The molecule has 0 saturated carbocycles. The maximum absolute atomic E-state index is 12.6. The lowest BCUT2D eigenvalue weighted by molar-refractivity contribution is -0.126. The number of hydrogen-bond acceptors (Lipinski definition) is 4. The first-order valence-electron chi connectivity index (χ1n) is 8.97. The second-order valence-corrected chi connectivity index (χ2v) is 6.59. The third-order valence-electron chi connectivity index (χ3n) is 4.54. The molecule has 0 aliphatic carbocycles. The Bertz CT molecular complexity index is 852. The van der Waals surface area contributed by atoms with Crippen LogP contribution in [0.25, 0.3) is 0 Å². The van der Waals surface area contributed by atoms with Crippen molar-refractivity contribution in [2.24, 2.45) is 0 Å². The number of nitrogens with zero attached hydrogens (tertiary/aromatic N) is 1. The molecule has 7 heteroatoms. The molecular weight excluding hydrogens is 356 g/mol. The molecule has 148 valence electrons. The molecule has 0 saturated heterocycles. The maximum atomic E-state index is 12.6. The SMILES string of the molecule is CNC(=O)NC(=O)C(c1ccccc1)N(C)CC(=O)Nc1cccc(C)c1C. The number of urea groups is 1. The van der Waals surface area contributed by atoms with Crippen LogP contribution in [0.2, 0.25) is 0 Å². The van der Waals surface area contributed by atoms with Crippen molar-refractivity contribution in [2.75, 3.05) is 26.0 Å². The molecule has 0 fully saturated rings. The molecule has 4 amide bonds. The minimum Gasteiger partial charge on any atom is -0.341 e. The zero-order valence-electron chi connectivity index (χ0n) is 16.6. The van der Waals surface area contributed by atoms with Crippen molar-refractivity contribution in [3.05, 3.63) is 65.2 Å². The van der Waals surface area contributed by atoms with Crippen LogP contribution < -0.4 is 16.0 Å². The molecule has 0 aromatic heterocycles. The van der Waals surface area contributed by atoms with Crippen molar-refractivity contribution in [3.63, 3.8) is 0 Å². The molecule has 2 aromatic carbocycles. The molecule has 0 bridgehead atoms. The van der Waals surface area contributed by atoms with Gasteiger partial charge >= 0.3 is 6.03 Å². The monoisotopic (exact) mass is 382 g/mol. The second kappa shape index (κ2) is 9.66. The van der Waals surface area contributed by atoms with Gasteiger partial charge in [0.05, 0.1) is 6.54 Å². The molecule has 2 aromatic rings. The largest absolute Gasteiger partial charge is 0.341 e. The fourth-order valence-electron chi connectivity index (χ4n) is 2.88. The Balaban J connectivity index is 2.16. The number of imide groups is 1. The maximum Gasteiger partial charge on any atom is 0.321 e. The normalized spacial score (nSPS) is 11.6. The highest BCUT2D eigenvalue weighted by molar-refractivity contribution is 5.98. The second-order valence-electron chi connectivity index (χ2n) is 6.59. The summed E-state index contributed by atoms with van der Waals surface area (Å²) in [7, 11) is 3.10. The summed E-state index contributed by atoms with van der Waals surface area (Å²) in [6.07, 6.45) is 0. The summed E-state index contributed by atoms with van der Waals surface area (Å²) >= 11 is 0. The Kier molecular flexibility index (Phi) is 7.28. The summed E-state index contributed by atoms with van der Waals surface area (Å²) in [6, 6.07) is 13.3. The van der Waals surface area contributed by atoms with Crippen LogP contribution in [0.15, 0.2) is 48.5 Å². The van der Waals surface area contributed by atoms with Crippen molar-refractivity contribution in [3.8, 4) is 0 Å². The van der Waals surface area contributed by atoms with E-state index < -0.39 is 18.0 Å². The van der Waals surface area contributed by atoms with E-state index in [9.17, 15) is 14.4 Å². The average molecular weight is 382 g/mol. The zero-order valence-corrected chi connectivity index (χ0v) is 16.6. The lowest BCUT2D eigenvalue weighted by atomic mass is 10.0. The Morgan fingerprint density at radius 3 is 2.32 bits per heavy atom. The highest BCUT2D eigenvalue weighted by atomic mass is 16.2. The van der Waals surface area contributed by atoms with Gasteiger partial charge in [0.25, 0.3) is 0 Å². The van der Waals surface area contributed by atoms with Gasteiger partial charge in [-0.2, -0.15) is 0 Å². The van der Waals surface area contributed by atoms with Gasteiger partial charge < -0.3 is 10.6 Å². The third kappa shape index (κ3) is 5.40. The van der Waals surface area contributed by atoms with E-state index in [0.717, 1.165) is 16.8 Å². The number of carbonyl (C=O) groups excluding carboxylic acids is 3. The van der Waals surface area contributed by atoms with Crippen LogP contribution in [-0.4, -0.2) is 43.4 Å². The lowest BCUT2D eigenvalue weighted by Gasteiger charge is -2.27. The minimum atomic E-state index is -0.789. The fourth-order valence-corrected chi connectivity index (χ4v) is 2.88. The molecular formula is C21H26N4O3. The van der Waals surface area contributed by atoms with Crippen LogP contribution in [0.1, 0.15) is 22.7 Å². The number of anilines is 1. The number of aryl methyl sites for hydroxylation is 1. The molecule has 0 aliphatic heterocycles. The first kappa shape index (κ1) is 21.1. The van der Waals surface area contributed by atoms with Gasteiger partial charge in [-0.3, -0.25) is 19.8 Å². The Morgan fingerprint density at radius 1 is 1.00 bits per heavy atom. The summed E-state index contributed by atoms with van der Waals surface area (Å²) in [4.78, 5) is 38.4. The highest BCUT2D eigenvalue weighted by Crippen LogP contribution is 2.21. The number of carbonyl (C=O) groups is 3. The van der Waals surface area contributed by atoms with E-state index in [1.165, 1.54) is 7.05 Å². The van der Waals surface area contributed by atoms with Gasteiger partial charge in [-0.25, -0.2) is 4.79 Å². The zero-order chi connectivity index (χ0) is 20.7. The van der Waals surface area contributed by atoms with Gasteiger partial charge in [-0.1, -0.05) is 42.5 Å². The molecule has 0 spiro atoms. The summed E-state index contributed by atoms with van der Waals surface area (Å²) in [5.74, 6) is -0.752. The topological polar surface area (TPSA) is 90.5 Å². The van der Waals surface area contributed by atoms with E-state index in [1.807, 2.05) is 38.1 Å². The molecule has 0 radical (unpaired) electrons. The molecule has 1 unspecified atom stereocenters. The fraction of sp³-hybridized carbons (Fsp3) is 0.286. The first-order valence-corrected chi connectivity index (χ1v) is 8.97. The number of benzene rings is 2. The van der Waals surface area contributed by atoms with Gasteiger partial charge in [0.15, 0.2) is 0 Å². The average Bonchev–Trinajstić information content (AvgIpc) is 2.66. The third-order valence-corrected chi connectivity index (χ3v) is 4.54. The van der Waals surface area contributed by atoms with Gasteiger partial charge in [-0.15, -0.1) is 0 Å². The summed E-state index contributed by atoms with van der Waals surface area (Å²) in [5.41, 5.74) is 3.50. The first-order chi connectivity index (χ1) is 13.3. The van der Waals surface area contributed by atoms with Crippen molar-refractivity contribution in [2.45, 2.75) is 19.9 Å². The van der Waals surface area contributed by atoms with Gasteiger partial charge in [0.2, 0.25) is 11.8 Å². The van der Waals surface area contributed by atoms with Crippen LogP contribution in [0.4, 0.5) is 10.5 Å². The van der Waals surface area contributed by atoms with Crippen LogP contribution in [0.3, 0.4) is 0 Å². The Labute approximate surface area is 165 Å². The Hall–Kier alpha value is -3.19. The van der Waals surface area contributed by atoms with Gasteiger partial charge in [0, 0.05) is 12.7 Å². The highest BCUT2D eigenvalue weighted by Gasteiger charge is 2.27. The summed E-state index contributed by atoms with van der Waals surface area (Å²) in [5, 5.41) is 7.53. The van der Waals surface area contributed by atoms with Crippen molar-refractivity contribution < 1.29 is 14.4 Å². The number of rotatable bonds is 6. The number of hydrogen-bond donors (Lipinski definition) is 3. The van der Waals surface area contributed by atoms with Gasteiger partial charge in [-0.05, 0) is 43.7 Å². The molecule has 2 rings (SSSR count). The predicted molar refractivity (Wildman–Crippen MR) is 109 cm³/mol. The van der Waals surface area contributed by atoms with E-state index in [2.05, 4.69) is 16.0 Å². The summed E-state index contributed by atoms with van der Waals surface area (Å²) in [6.45, 7) is 3.90. The predicted octanol–water partition coefficient (Wildman–Crippen LogP) is 2.37. The molecule has 7 nitrogen and oxygen atoms in total. The Morgan fingerprint density at radius 2 is 1.68 bits per heavy atom. The molecule has 1 atom stereocenters. The number of nitrogens with one attached hydrogen (secondary N) is 3. The number of likely N-dealkylation sites (N-methyl/N-ethyl adjacent to an activating group) is 1. The summed E-state index contributed by atoms with van der Waals surface area (Å²) < 4.78 is 0. The molecule has 3 N–H and O–H groups in total. The van der Waals surface area contributed by atoms with Crippen LogP contribution in [0.5, 0.6) is 0 Å². The van der Waals surface area contributed by atoms with E-state index in [0.29, 0.717) is 5.56 Å². The standard InChI is InChI=1S/C21H26N4O3/c1-14-9-8-12-17(15(14)2)23-18(26)13-25(4)19(16-10-6-5-7-11-16)20(27)24-21(28)22-3/h5-12,19H,13H2,1-4H3,(H,23,26)(H2,22,24,27,28). The van der Waals surface area contributed by atoms with Crippen molar-refractivity contribution in [1.29, 1.82) is 0 Å². The number of amides is 4. The van der Waals surface area contributed by atoms with Crippen molar-refractivity contribution in [1.82, 2.24) is 15.5 Å². The van der Waals surface area contributed by atoms with E-state index in [-0.39, 0.29) is 12.5 Å².